The zero-order valence-corrected chi connectivity index (χ0v) is 31.7. The molecule has 0 saturated carbocycles. The van der Waals surface area contributed by atoms with E-state index in [-0.39, 0.29) is 10.8 Å². The maximum absolute atomic E-state index is 6.66. The molecule has 0 radical (unpaired) electrons. The minimum Gasteiger partial charge on any atom is -0.0346 e. The molecule has 0 fully saturated rings. The van der Waals surface area contributed by atoms with Crippen molar-refractivity contribution in [3.05, 3.63) is 139 Å². The molecule has 250 valence electrons. The summed E-state index contributed by atoms with van der Waals surface area (Å²) in [5, 5.41) is 0. The van der Waals surface area contributed by atoms with Gasteiger partial charge in [0, 0.05) is 0 Å². The molecule has 0 N–H and O–H groups in total. The summed E-state index contributed by atoms with van der Waals surface area (Å²) in [4.78, 5) is 16.4. The van der Waals surface area contributed by atoms with Crippen molar-refractivity contribution in [3.63, 3.8) is 0 Å². The van der Waals surface area contributed by atoms with Gasteiger partial charge in [-0.2, -0.15) is 0 Å². The van der Waals surface area contributed by atoms with Crippen LogP contribution in [0.2, 0.25) is 0 Å². The molecule has 8 rings (SSSR count). The van der Waals surface area contributed by atoms with Crippen LogP contribution in [0.1, 0.15) is 52.7 Å². The summed E-state index contributed by atoms with van der Waals surface area (Å²) in [5.74, 6) is 2.50. The SMILES string of the molecule is CC(C)(C)c1cccc(N2CN(c3cccc(Oc4ccc5c(c4)N(c4cc(C(C)(C)C)ccn4)c4ccncc4[Te]5)c3)c3ccccc32)c1. The van der Waals surface area contributed by atoms with Crippen LogP contribution in [0.15, 0.2) is 128 Å². The fraction of sp³-hybridized carbons (Fsp3) is 0.209. The first-order valence-electron chi connectivity index (χ1n) is 17.1. The Morgan fingerprint density at radius 2 is 1.26 bits per heavy atom. The van der Waals surface area contributed by atoms with E-state index in [9.17, 15) is 0 Å². The zero-order valence-electron chi connectivity index (χ0n) is 29.4. The first-order chi connectivity index (χ1) is 24.0. The molecular weight excluding hydrogens is 730 g/mol. The second kappa shape index (κ2) is 12.5. The molecule has 0 aliphatic carbocycles. The van der Waals surface area contributed by atoms with E-state index in [4.69, 9.17) is 9.72 Å². The molecule has 6 aromatic rings. The van der Waals surface area contributed by atoms with Crippen LogP contribution < -0.4 is 26.7 Å². The van der Waals surface area contributed by atoms with Gasteiger partial charge in [0.1, 0.15) is 0 Å². The smallest absolute Gasteiger partial charge is 0.0346 e. The second-order valence-corrected chi connectivity index (χ2v) is 18.0. The van der Waals surface area contributed by atoms with E-state index in [1.807, 2.05) is 24.7 Å². The van der Waals surface area contributed by atoms with Crippen LogP contribution in [0.5, 0.6) is 11.5 Å². The Morgan fingerprint density at radius 3 is 2.00 bits per heavy atom. The molecule has 0 atom stereocenters. The average molecular weight is 771 g/mol. The van der Waals surface area contributed by atoms with E-state index in [2.05, 4.69) is 164 Å². The van der Waals surface area contributed by atoms with Crippen molar-refractivity contribution in [3.8, 4) is 11.5 Å². The number of anilines is 7. The van der Waals surface area contributed by atoms with E-state index in [0.717, 1.165) is 34.4 Å². The molecule has 7 heteroatoms. The first-order valence-corrected chi connectivity index (χ1v) is 19.4. The fourth-order valence-corrected chi connectivity index (χ4v) is 9.48. The van der Waals surface area contributed by atoms with E-state index in [0.29, 0.717) is 6.67 Å². The van der Waals surface area contributed by atoms with Gasteiger partial charge in [-0.15, -0.1) is 0 Å². The number of hydrogen-bond donors (Lipinski definition) is 0. The first kappa shape index (κ1) is 32.4. The maximum atomic E-state index is 6.66. The van der Waals surface area contributed by atoms with Gasteiger partial charge in [-0.25, -0.2) is 0 Å². The Kier molecular flexibility index (Phi) is 8.09. The molecule has 2 aliphatic heterocycles. The van der Waals surface area contributed by atoms with Gasteiger partial charge in [-0.3, -0.25) is 0 Å². The number of benzene rings is 4. The van der Waals surface area contributed by atoms with Crippen molar-refractivity contribution < 1.29 is 4.74 Å². The van der Waals surface area contributed by atoms with Gasteiger partial charge in [0.15, 0.2) is 0 Å². The molecule has 2 aliphatic rings. The molecule has 0 bridgehead atoms. The average Bonchev–Trinajstić information content (AvgIpc) is 3.50. The van der Waals surface area contributed by atoms with Gasteiger partial charge in [0.2, 0.25) is 0 Å². The number of rotatable bonds is 5. The Labute approximate surface area is 305 Å². The number of ether oxygens (including phenoxy) is 1. The Balaban J connectivity index is 1.12. The van der Waals surface area contributed by atoms with Gasteiger partial charge in [-0.1, -0.05) is 39.0 Å². The van der Waals surface area contributed by atoms with Crippen molar-refractivity contribution in [1.29, 1.82) is 0 Å². The van der Waals surface area contributed by atoms with Crippen LogP contribution in [0.3, 0.4) is 0 Å². The number of nitrogens with zero attached hydrogens (tertiary/aromatic N) is 5. The van der Waals surface area contributed by atoms with Gasteiger partial charge in [0.25, 0.3) is 0 Å². The minimum atomic E-state index is -0.638. The van der Waals surface area contributed by atoms with Gasteiger partial charge >= 0.3 is 245 Å². The molecular formula is C43H41N5OTe. The summed E-state index contributed by atoms with van der Waals surface area (Å²) in [6, 6.07) is 39.0. The van der Waals surface area contributed by atoms with Crippen molar-refractivity contribution in [2.75, 3.05) is 21.4 Å². The number of hydrogen-bond acceptors (Lipinski definition) is 6. The molecule has 0 saturated heterocycles. The molecule has 6 nitrogen and oxygen atoms in total. The summed E-state index contributed by atoms with van der Waals surface area (Å²) >= 11 is -0.638. The van der Waals surface area contributed by atoms with E-state index in [1.165, 1.54) is 35.4 Å². The summed E-state index contributed by atoms with van der Waals surface area (Å²) in [6.45, 7) is 14.2. The van der Waals surface area contributed by atoms with E-state index in [1.54, 1.807) is 0 Å². The molecule has 0 unspecified atom stereocenters. The summed E-state index contributed by atoms with van der Waals surface area (Å²) < 4.78 is 9.30. The molecule has 2 aromatic heterocycles. The zero-order chi connectivity index (χ0) is 34.6. The van der Waals surface area contributed by atoms with Gasteiger partial charge in [0.05, 0.1) is 0 Å². The van der Waals surface area contributed by atoms with Gasteiger partial charge < -0.3 is 0 Å². The Hall–Kier alpha value is -4.83. The topological polar surface area (TPSA) is 44.7 Å². The third-order valence-corrected chi connectivity index (χ3v) is 12.5. The normalized spacial score (nSPS) is 13.9. The molecule has 0 spiro atoms. The second-order valence-electron chi connectivity index (χ2n) is 14.9. The molecule has 50 heavy (non-hydrogen) atoms. The largest absolute Gasteiger partial charge is 0.0346 e. The summed E-state index contributed by atoms with van der Waals surface area (Å²) in [6.07, 6.45) is 5.82. The van der Waals surface area contributed by atoms with Crippen molar-refractivity contribution in [2.24, 2.45) is 0 Å². The van der Waals surface area contributed by atoms with E-state index >= 15 is 0 Å². The van der Waals surface area contributed by atoms with Gasteiger partial charge in [-0.05, 0) is 23.1 Å². The summed E-state index contributed by atoms with van der Waals surface area (Å²) in [5.41, 5.74) is 9.58. The van der Waals surface area contributed by atoms with Crippen LogP contribution in [0.25, 0.3) is 0 Å². The molecule has 4 heterocycles. The minimum absolute atomic E-state index is 0.00486. The van der Waals surface area contributed by atoms with Crippen LogP contribution in [0.4, 0.5) is 39.9 Å². The van der Waals surface area contributed by atoms with Crippen molar-refractivity contribution in [2.45, 2.75) is 52.4 Å². The number of pyridine rings is 2. The van der Waals surface area contributed by atoms with Crippen LogP contribution in [-0.4, -0.2) is 37.6 Å². The maximum Gasteiger partial charge on any atom is -0.0346 e. The predicted molar refractivity (Wildman–Crippen MR) is 208 cm³/mol. The summed E-state index contributed by atoms with van der Waals surface area (Å²) in [7, 11) is 0. The number of aromatic nitrogens is 2. The third-order valence-electron chi connectivity index (χ3n) is 9.37. The number of fused-ring (bicyclic) bond motifs is 3. The third kappa shape index (κ3) is 6.10. The molecule has 4 aromatic carbocycles. The molecule has 0 amide bonds. The van der Waals surface area contributed by atoms with Crippen LogP contribution >= 0.6 is 0 Å². The van der Waals surface area contributed by atoms with Crippen molar-refractivity contribution in [1.82, 2.24) is 9.97 Å². The standard InChI is InChI=1S/C43H41N5OTe/c1-42(2,3)29-11-9-12-31(23-29)46-28-47(36-16-8-7-15-35(36)46)32-13-10-14-33(25-32)49-34-17-18-39-38(26-34)48(37-20-21-44-27-40(37)50-39)41-24-30(19-22-45-41)43(4,5)6/h7-27H,28H2,1-6H3. The van der Waals surface area contributed by atoms with E-state index < -0.39 is 20.9 Å². The fourth-order valence-electron chi connectivity index (χ4n) is 6.61. The van der Waals surface area contributed by atoms with Crippen LogP contribution in [0, 0.1) is 0 Å². The Bertz CT molecular complexity index is 2220. The van der Waals surface area contributed by atoms with Crippen molar-refractivity contribution >= 4 is 68.1 Å². The quantitative estimate of drug-likeness (QED) is 0.163. The number of para-hydroxylation sites is 2. The Morgan fingerprint density at radius 1 is 0.580 bits per heavy atom. The monoisotopic (exact) mass is 773 g/mol. The predicted octanol–water partition coefficient (Wildman–Crippen LogP) is 9.55. The van der Waals surface area contributed by atoms with Crippen LogP contribution in [-0.2, 0) is 10.8 Å².